The molecule has 0 aliphatic heterocycles. The number of ether oxygens (including phenoxy) is 1. The lowest BCUT2D eigenvalue weighted by molar-refractivity contribution is 0.0732. The average Bonchev–Trinajstić information content (AvgIpc) is 2.33. The fourth-order valence-corrected chi connectivity index (χ4v) is 2.72. The second kappa shape index (κ2) is 5.86. The van der Waals surface area contributed by atoms with Gasteiger partial charge in [-0.3, -0.25) is 0 Å². The molecule has 0 aromatic heterocycles. The zero-order valence-electron chi connectivity index (χ0n) is 11.5. The highest BCUT2D eigenvalue weighted by Gasteiger charge is 2.18. The Morgan fingerprint density at radius 1 is 1.00 bits per heavy atom. The van der Waals surface area contributed by atoms with Crippen LogP contribution in [0.4, 0.5) is 0 Å². The summed E-state index contributed by atoms with van der Waals surface area (Å²) >= 11 is 12.0. The van der Waals surface area contributed by atoms with Gasteiger partial charge >= 0.3 is 5.97 Å². The number of aryl methyl sites for hydroxylation is 3. The van der Waals surface area contributed by atoms with Gasteiger partial charge in [0.05, 0.1) is 15.6 Å². The molecule has 4 heteroatoms. The molecule has 20 heavy (non-hydrogen) atoms. The van der Waals surface area contributed by atoms with E-state index in [-0.39, 0.29) is 15.6 Å². The maximum absolute atomic E-state index is 12.3. The number of benzene rings is 2. The normalized spacial score (nSPS) is 10.4. The molecule has 2 rings (SSSR count). The zero-order chi connectivity index (χ0) is 14.9. The first-order valence-electron chi connectivity index (χ1n) is 6.14. The molecule has 0 saturated carbocycles. The molecule has 0 bridgehead atoms. The van der Waals surface area contributed by atoms with Crippen LogP contribution in [0.3, 0.4) is 0 Å². The summed E-state index contributed by atoms with van der Waals surface area (Å²) in [6.07, 6.45) is 0. The minimum Gasteiger partial charge on any atom is -0.422 e. The van der Waals surface area contributed by atoms with Gasteiger partial charge in [-0.1, -0.05) is 47.0 Å². The molecule has 0 fully saturated rings. The smallest absolute Gasteiger partial charge is 0.346 e. The fraction of sp³-hybridized carbons (Fsp3) is 0.188. The van der Waals surface area contributed by atoms with Crippen molar-refractivity contribution in [2.75, 3.05) is 0 Å². The molecule has 0 heterocycles. The lowest BCUT2D eigenvalue weighted by Crippen LogP contribution is -2.11. The van der Waals surface area contributed by atoms with E-state index in [0.29, 0.717) is 5.75 Å². The van der Waals surface area contributed by atoms with E-state index < -0.39 is 5.97 Å². The molecule has 0 amide bonds. The van der Waals surface area contributed by atoms with Crippen LogP contribution in [0.15, 0.2) is 30.3 Å². The minimum absolute atomic E-state index is 0.190. The van der Waals surface area contributed by atoms with Crippen LogP contribution in [0.2, 0.25) is 10.0 Å². The molecule has 2 aromatic rings. The number of carbonyl (C=O) groups excluding carboxylic acids is 1. The molecule has 0 saturated heterocycles. The topological polar surface area (TPSA) is 26.3 Å². The van der Waals surface area contributed by atoms with Crippen LogP contribution in [-0.4, -0.2) is 5.97 Å². The molecule has 0 radical (unpaired) electrons. The van der Waals surface area contributed by atoms with E-state index in [4.69, 9.17) is 27.9 Å². The summed E-state index contributed by atoms with van der Waals surface area (Å²) in [6.45, 7) is 5.80. The van der Waals surface area contributed by atoms with Crippen molar-refractivity contribution in [2.45, 2.75) is 20.8 Å². The zero-order valence-corrected chi connectivity index (χ0v) is 13.0. The van der Waals surface area contributed by atoms with E-state index in [1.54, 1.807) is 18.2 Å². The molecule has 104 valence electrons. The summed E-state index contributed by atoms with van der Waals surface area (Å²) in [4.78, 5) is 12.3. The van der Waals surface area contributed by atoms with Crippen molar-refractivity contribution in [2.24, 2.45) is 0 Å². The first-order valence-corrected chi connectivity index (χ1v) is 6.89. The van der Waals surface area contributed by atoms with Gasteiger partial charge in [0, 0.05) is 0 Å². The van der Waals surface area contributed by atoms with Crippen molar-refractivity contribution in [3.05, 3.63) is 62.6 Å². The van der Waals surface area contributed by atoms with Gasteiger partial charge in [-0.05, 0) is 44.0 Å². The highest BCUT2D eigenvalue weighted by atomic mass is 35.5. The van der Waals surface area contributed by atoms with Gasteiger partial charge in [-0.2, -0.15) is 0 Å². The maximum Gasteiger partial charge on any atom is 0.346 e. The first-order chi connectivity index (χ1) is 9.40. The Morgan fingerprint density at radius 2 is 1.50 bits per heavy atom. The van der Waals surface area contributed by atoms with E-state index >= 15 is 0 Å². The van der Waals surface area contributed by atoms with Crippen molar-refractivity contribution >= 4 is 29.2 Å². The largest absolute Gasteiger partial charge is 0.422 e. The molecule has 0 atom stereocenters. The Morgan fingerprint density at radius 3 is 2.00 bits per heavy atom. The lowest BCUT2D eigenvalue weighted by atomic mass is 10.1. The number of rotatable bonds is 2. The Kier molecular flexibility index (Phi) is 4.36. The molecular weight excluding hydrogens is 295 g/mol. The van der Waals surface area contributed by atoms with Crippen LogP contribution >= 0.6 is 23.2 Å². The SMILES string of the molecule is Cc1cc(C)c(OC(=O)c2c(Cl)cccc2Cl)c(C)c1. The monoisotopic (exact) mass is 308 g/mol. The number of esters is 1. The Labute approximate surface area is 128 Å². The highest BCUT2D eigenvalue weighted by molar-refractivity contribution is 6.39. The molecule has 0 aliphatic rings. The van der Waals surface area contributed by atoms with Gasteiger partial charge in [-0.15, -0.1) is 0 Å². The third kappa shape index (κ3) is 2.97. The second-order valence-electron chi connectivity index (χ2n) is 4.71. The van der Waals surface area contributed by atoms with E-state index in [2.05, 4.69) is 0 Å². The Bertz CT molecular complexity index is 635. The standard InChI is InChI=1S/C16H14Cl2O2/c1-9-7-10(2)15(11(3)8-9)20-16(19)14-12(17)5-4-6-13(14)18/h4-8H,1-3H3. The molecular formula is C16H14Cl2O2. The van der Waals surface area contributed by atoms with Gasteiger partial charge in [0.25, 0.3) is 0 Å². The number of hydrogen-bond donors (Lipinski definition) is 0. The van der Waals surface area contributed by atoms with Crippen LogP contribution < -0.4 is 4.74 Å². The minimum atomic E-state index is -0.546. The van der Waals surface area contributed by atoms with E-state index in [0.717, 1.165) is 16.7 Å². The first kappa shape index (κ1) is 14.9. The van der Waals surface area contributed by atoms with Crippen molar-refractivity contribution in [1.29, 1.82) is 0 Å². The van der Waals surface area contributed by atoms with E-state index in [1.807, 2.05) is 32.9 Å². The number of hydrogen-bond acceptors (Lipinski definition) is 2. The molecule has 2 aromatic carbocycles. The lowest BCUT2D eigenvalue weighted by Gasteiger charge is -2.12. The average molecular weight is 309 g/mol. The summed E-state index contributed by atoms with van der Waals surface area (Å²) in [7, 11) is 0. The quantitative estimate of drug-likeness (QED) is 0.567. The molecule has 0 unspecified atom stereocenters. The number of carbonyl (C=O) groups is 1. The fourth-order valence-electron chi connectivity index (χ4n) is 2.16. The van der Waals surface area contributed by atoms with Crippen LogP contribution in [-0.2, 0) is 0 Å². The summed E-state index contributed by atoms with van der Waals surface area (Å²) in [6, 6.07) is 8.83. The van der Waals surface area contributed by atoms with Crippen LogP contribution in [0.5, 0.6) is 5.75 Å². The summed E-state index contributed by atoms with van der Waals surface area (Å²) < 4.78 is 5.47. The van der Waals surface area contributed by atoms with Gasteiger partial charge < -0.3 is 4.74 Å². The number of halogens is 2. The third-order valence-electron chi connectivity index (χ3n) is 2.97. The van der Waals surface area contributed by atoms with Crippen LogP contribution in [0.1, 0.15) is 27.0 Å². The third-order valence-corrected chi connectivity index (χ3v) is 3.60. The maximum atomic E-state index is 12.3. The summed E-state index contributed by atoms with van der Waals surface area (Å²) in [5.74, 6) is 0.00670. The summed E-state index contributed by atoms with van der Waals surface area (Å²) in [5.41, 5.74) is 3.11. The molecule has 0 aliphatic carbocycles. The van der Waals surface area contributed by atoms with E-state index in [1.165, 1.54) is 0 Å². The van der Waals surface area contributed by atoms with Crippen molar-refractivity contribution in [3.63, 3.8) is 0 Å². The van der Waals surface area contributed by atoms with Gasteiger partial charge in [0.15, 0.2) is 0 Å². The molecule has 0 N–H and O–H groups in total. The van der Waals surface area contributed by atoms with E-state index in [9.17, 15) is 4.79 Å². The summed E-state index contributed by atoms with van der Waals surface area (Å²) in [5, 5.41) is 0.565. The van der Waals surface area contributed by atoms with Crippen molar-refractivity contribution < 1.29 is 9.53 Å². The van der Waals surface area contributed by atoms with Crippen molar-refractivity contribution in [3.8, 4) is 5.75 Å². The van der Waals surface area contributed by atoms with Crippen LogP contribution in [0, 0.1) is 20.8 Å². The second-order valence-corrected chi connectivity index (χ2v) is 5.53. The Balaban J connectivity index is 2.38. The Hall–Kier alpha value is -1.51. The van der Waals surface area contributed by atoms with Gasteiger partial charge in [0.2, 0.25) is 0 Å². The molecule has 2 nitrogen and oxygen atoms in total. The van der Waals surface area contributed by atoms with Crippen molar-refractivity contribution in [1.82, 2.24) is 0 Å². The highest BCUT2D eigenvalue weighted by Crippen LogP contribution is 2.29. The predicted octanol–water partition coefficient (Wildman–Crippen LogP) is 5.14. The van der Waals surface area contributed by atoms with Gasteiger partial charge in [-0.25, -0.2) is 4.79 Å². The predicted molar refractivity (Wildman–Crippen MR) is 82.1 cm³/mol. The molecule has 0 spiro atoms. The van der Waals surface area contributed by atoms with Gasteiger partial charge in [0.1, 0.15) is 5.75 Å². The van der Waals surface area contributed by atoms with Crippen LogP contribution in [0.25, 0.3) is 0 Å².